The molecule has 1 aliphatic rings. The smallest absolute Gasteiger partial charge is 0.318 e. The van der Waals surface area contributed by atoms with Crippen LogP contribution >= 0.6 is 0 Å². The first-order chi connectivity index (χ1) is 13.1. The average Bonchev–Trinajstić information content (AvgIpc) is 2.97. The molecule has 3 amide bonds. The molecule has 1 aliphatic heterocycles. The van der Waals surface area contributed by atoms with E-state index >= 15 is 0 Å². The summed E-state index contributed by atoms with van der Waals surface area (Å²) < 4.78 is 0. The summed E-state index contributed by atoms with van der Waals surface area (Å²) in [6.07, 6.45) is 3.34. The third-order valence-corrected chi connectivity index (χ3v) is 4.64. The van der Waals surface area contributed by atoms with Gasteiger partial charge in [0, 0.05) is 0 Å². The molecule has 4 rings (SSSR count). The summed E-state index contributed by atoms with van der Waals surface area (Å²) >= 11 is 0. The lowest BCUT2D eigenvalue weighted by Gasteiger charge is -2.24. The van der Waals surface area contributed by atoms with Gasteiger partial charge in [-0.2, -0.15) is 5.10 Å². The summed E-state index contributed by atoms with van der Waals surface area (Å²) in [4.78, 5) is 34.1. The van der Waals surface area contributed by atoms with Crippen molar-refractivity contribution in [2.75, 3.05) is 0 Å². The highest BCUT2D eigenvalue weighted by atomic mass is 16.2. The molecule has 3 aromatic rings. The van der Waals surface area contributed by atoms with Crippen molar-refractivity contribution in [2.45, 2.75) is 18.9 Å². The molecule has 1 aromatic heterocycles. The van der Waals surface area contributed by atoms with Crippen LogP contribution in [-0.2, 0) is 10.3 Å². The predicted octanol–water partition coefficient (Wildman–Crippen LogP) is 2.82. The molecular weight excluding hydrogens is 342 g/mol. The lowest BCUT2D eigenvalue weighted by molar-refractivity contribution is -0.131. The van der Waals surface area contributed by atoms with Gasteiger partial charge in [-0.05, 0) is 24.1 Å². The molecule has 1 N–H and O–H groups in total. The Morgan fingerprint density at radius 1 is 1.07 bits per heavy atom. The fraction of sp³-hybridized carbons (Fsp3) is 0.150. The number of carbonyl (C=O) groups is 2. The molecule has 2 aromatic carbocycles. The molecule has 1 fully saturated rings. The van der Waals surface area contributed by atoms with Crippen LogP contribution in [0, 0.1) is 0 Å². The molecule has 1 atom stereocenters. The maximum atomic E-state index is 13.0. The summed E-state index contributed by atoms with van der Waals surface area (Å²) in [5.41, 5.74) is 1.56. The van der Waals surface area contributed by atoms with Crippen LogP contribution in [0.1, 0.15) is 24.6 Å². The highest BCUT2D eigenvalue weighted by molar-refractivity contribution is 6.07. The Morgan fingerprint density at radius 3 is 2.52 bits per heavy atom. The second-order valence-electron chi connectivity index (χ2n) is 6.20. The van der Waals surface area contributed by atoms with Crippen molar-refractivity contribution in [2.24, 2.45) is 5.10 Å². The minimum absolute atomic E-state index is 0.411. The van der Waals surface area contributed by atoms with E-state index in [1.54, 1.807) is 6.20 Å². The van der Waals surface area contributed by atoms with Gasteiger partial charge in [-0.1, -0.05) is 49.4 Å². The first-order valence-electron chi connectivity index (χ1n) is 8.62. The SMILES string of the molecule is CC[C@@]1(c2ccccc2)NC(=O)N(/N=C\c2cnc3ccccc3n2)C1=O. The summed E-state index contributed by atoms with van der Waals surface area (Å²) in [5, 5.41) is 7.72. The van der Waals surface area contributed by atoms with E-state index in [4.69, 9.17) is 0 Å². The average molecular weight is 359 g/mol. The number of urea groups is 1. The van der Waals surface area contributed by atoms with Crippen LogP contribution in [0.25, 0.3) is 11.0 Å². The highest BCUT2D eigenvalue weighted by Crippen LogP contribution is 2.32. The number of imide groups is 1. The highest BCUT2D eigenvalue weighted by Gasteiger charge is 2.51. The molecule has 7 heteroatoms. The number of para-hydroxylation sites is 2. The third-order valence-electron chi connectivity index (χ3n) is 4.64. The Labute approximate surface area is 155 Å². The van der Waals surface area contributed by atoms with E-state index in [1.165, 1.54) is 6.21 Å². The van der Waals surface area contributed by atoms with E-state index in [1.807, 2.05) is 61.5 Å². The number of hydrogen-bond acceptors (Lipinski definition) is 5. The Hall–Kier alpha value is -3.61. The molecule has 0 radical (unpaired) electrons. The van der Waals surface area contributed by atoms with Crippen LogP contribution in [0.2, 0.25) is 0 Å². The van der Waals surface area contributed by atoms with Crippen LogP contribution in [0.5, 0.6) is 0 Å². The van der Waals surface area contributed by atoms with E-state index in [-0.39, 0.29) is 0 Å². The van der Waals surface area contributed by atoms with Gasteiger partial charge in [0.2, 0.25) is 0 Å². The molecule has 27 heavy (non-hydrogen) atoms. The quantitative estimate of drug-likeness (QED) is 0.573. The van der Waals surface area contributed by atoms with Gasteiger partial charge in [0.1, 0.15) is 11.2 Å². The number of hydrazone groups is 1. The Balaban J connectivity index is 1.64. The first kappa shape index (κ1) is 16.8. The molecule has 0 unspecified atom stereocenters. The lowest BCUT2D eigenvalue weighted by Crippen LogP contribution is -2.43. The zero-order valence-electron chi connectivity index (χ0n) is 14.7. The molecule has 0 aliphatic carbocycles. The number of hydrogen-bond donors (Lipinski definition) is 1. The van der Waals surface area contributed by atoms with Gasteiger partial charge in [-0.3, -0.25) is 9.78 Å². The van der Waals surface area contributed by atoms with E-state index in [0.29, 0.717) is 17.6 Å². The van der Waals surface area contributed by atoms with Gasteiger partial charge < -0.3 is 5.32 Å². The van der Waals surface area contributed by atoms with Crippen molar-refractivity contribution in [3.8, 4) is 0 Å². The van der Waals surface area contributed by atoms with Crippen molar-refractivity contribution < 1.29 is 9.59 Å². The van der Waals surface area contributed by atoms with Crippen LogP contribution in [-0.4, -0.2) is 33.1 Å². The van der Waals surface area contributed by atoms with Crippen molar-refractivity contribution in [1.29, 1.82) is 0 Å². The normalized spacial score (nSPS) is 19.8. The fourth-order valence-corrected chi connectivity index (χ4v) is 3.18. The number of fused-ring (bicyclic) bond motifs is 1. The van der Waals surface area contributed by atoms with Crippen LogP contribution in [0.4, 0.5) is 4.79 Å². The predicted molar refractivity (Wildman–Crippen MR) is 101 cm³/mol. The monoisotopic (exact) mass is 359 g/mol. The van der Waals surface area contributed by atoms with E-state index < -0.39 is 17.5 Å². The van der Waals surface area contributed by atoms with Gasteiger partial charge in [0.25, 0.3) is 5.91 Å². The van der Waals surface area contributed by atoms with Crippen molar-refractivity contribution >= 4 is 29.2 Å². The minimum Gasteiger partial charge on any atom is -0.318 e. The number of nitrogens with zero attached hydrogens (tertiary/aromatic N) is 4. The largest absolute Gasteiger partial charge is 0.346 e. The topological polar surface area (TPSA) is 87.6 Å². The van der Waals surface area contributed by atoms with Crippen LogP contribution < -0.4 is 5.32 Å². The van der Waals surface area contributed by atoms with Gasteiger partial charge in [-0.15, -0.1) is 5.01 Å². The van der Waals surface area contributed by atoms with Crippen molar-refractivity contribution in [3.05, 3.63) is 72.1 Å². The molecule has 7 nitrogen and oxygen atoms in total. The van der Waals surface area contributed by atoms with Crippen LogP contribution in [0.15, 0.2) is 65.9 Å². The summed E-state index contributed by atoms with van der Waals surface area (Å²) in [5.74, 6) is -0.411. The number of amides is 3. The lowest BCUT2D eigenvalue weighted by atomic mass is 9.87. The summed E-state index contributed by atoms with van der Waals surface area (Å²) in [7, 11) is 0. The third kappa shape index (κ3) is 2.83. The van der Waals surface area contributed by atoms with Crippen molar-refractivity contribution in [3.63, 3.8) is 0 Å². The molecule has 0 bridgehead atoms. The Bertz CT molecular complexity index is 1050. The van der Waals surface area contributed by atoms with Gasteiger partial charge in [-0.25, -0.2) is 9.78 Å². The molecule has 2 heterocycles. The maximum absolute atomic E-state index is 13.0. The summed E-state index contributed by atoms with van der Waals surface area (Å²) in [6.45, 7) is 1.85. The Morgan fingerprint density at radius 2 is 1.78 bits per heavy atom. The zero-order chi connectivity index (χ0) is 18.9. The second-order valence-corrected chi connectivity index (χ2v) is 6.20. The first-order valence-corrected chi connectivity index (χ1v) is 8.62. The number of benzene rings is 2. The number of aromatic nitrogens is 2. The van der Waals surface area contributed by atoms with E-state index in [0.717, 1.165) is 16.1 Å². The summed E-state index contributed by atoms with van der Waals surface area (Å²) in [6, 6.07) is 16.1. The molecule has 1 saturated heterocycles. The molecule has 134 valence electrons. The van der Waals surface area contributed by atoms with Gasteiger partial charge in [0.05, 0.1) is 23.4 Å². The van der Waals surface area contributed by atoms with E-state index in [2.05, 4.69) is 20.4 Å². The standard InChI is InChI=1S/C20H17N5O2/c1-2-20(14-8-4-3-5-9-14)18(26)25(19(27)24-20)22-13-15-12-21-16-10-6-7-11-17(16)23-15/h3-13H,2H2,1H3,(H,24,27)/b22-13-/t20-/m0/s1. The number of carbonyl (C=O) groups excluding carboxylic acids is 2. The van der Waals surface area contributed by atoms with Gasteiger partial charge >= 0.3 is 6.03 Å². The van der Waals surface area contributed by atoms with Crippen LogP contribution in [0.3, 0.4) is 0 Å². The van der Waals surface area contributed by atoms with Crippen molar-refractivity contribution in [1.82, 2.24) is 20.3 Å². The number of rotatable bonds is 4. The minimum atomic E-state index is -1.11. The molecular formula is C20H17N5O2. The van der Waals surface area contributed by atoms with E-state index in [9.17, 15) is 9.59 Å². The fourth-order valence-electron chi connectivity index (χ4n) is 3.18. The van der Waals surface area contributed by atoms with Gasteiger partial charge in [0.15, 0.2) is 0 Å². The Kier molecular flexibility index (Phi) is 4.12. The number of nitrogens with one attached hydrogen (secondary N) is 1. The molecule has 0 spiro atoms. The maximum Gasteiger partial charge on any atom is 0.346 e. The second kappa shape index (κ2) is 6.60. The zero-order valence-corrected chi connectivity index (χ0v) is 14.7. The molecule has 0 saturated carbocycles.